The van der Waals surface area contributed by atoms with Crippen LogP contribution >= 0.6 is 0 Å². The molecule has 2 rings (SSSR count). The van der Waals surface area contributed by atoms with Crippen molar-refractivity contribution in [2.24, 2.45) is 0 Å². The molecule has 1 aromatic carbocycles. The number of non-ortho nitro benzene ring substituents is 1. The van der Waals surface area contributed by atoms with Crippen LogP contribution in [-0.2, 0) is 15.8 Å². The Morgan fingerprint density at radius 3 is 2.33 bits per heavy atom. The van der Waals surface area contributed by atoms with Crippen molar-refractivity contribution in [2.75, 3.05) is 20.1 Å². The van der Waals surface area contributed by atoms with E-state index in [1.807, 2.05) is 7.05 Å². The number of hydrogen-bond donors (Lipinski definition) is 1. The first-order chi connectivity index (χ1) is 9.92. The first-order valence-corrected chi connectivity index (χ1v) is 8.42. The Kier molecular flexibility index (Phi) is 4.92. The van der Waals surface area contributed by atoms with Gasteiger partial charge in [0.15, 0.2) is 0 Å². The predicted molar refractivity (Wildman–Crippen MR) is 79.4 cm³/mol. The molecule has 0 unspecified atom stereocenters. The minimum atomic E-state index is -3.37. The molecule has 7 nitrogen and oxygen atoms in total. The highest BCUT2D eigenvalue weighted by Crippen LogP contribution is 2.19. The summed E-state index contributed by atoms with van der Waals surface area (Å²) >= 11 is 0. The lowest BCUT2D eigenvalue weighted by atomic mass is 10.1. The molecular formula is C13H19N3O4S. The van der Waals surface area contributed by atoms with E-state index in [1.165, 1.54) is 28.6 Å². The van der Waals surface area contributed by atoms with Crippen molar-refractivity contribution in [2.45, 2.75) is 24.6 Å². The maximum absolute atomic E-state index is 12.3. The highest BCUT2D eigenvalue weighted by atomic mass is 32.2. The number of nitro groups is 1. The normalized spacial score (nSPS) is 17.8. The Labute approximate surface area is 124 Å². The average Bonchev–Trinajstić information content (AvgIpc) is 2.47. The van der Waals surface area contributed by atoms with E-state index in [4.69, 9.17) is 0 Å². The van der Waals surface area contributed by atoms with Gasteiger partial charge in [-0.2, -0.15) is 0 Å². The summed E-state index contributed by atoms with van der Waals surface area (Å²) < 4.78 is 26.2. The molecule has 0 amide bonds. The van der Waals surface area contributed by atoms with Gasteiger partial charge in [0.1, 0.15) is 0 Å². The summed E-state index contributed by atoms with van der Waals surface area (Å²) in [6.45, 7) is 1.03. The molecule has 8 heteroatoms. The molecule has 1 aromatic rings. The van der Waals surface area contributed by atoms with Gasteiger partial charge in [0, 0.05) is 31.3 Å². The second kappa shape index (κ2) is 6.50. The van der Waals surface area contributed by atoms with Crippen LogP contribution in [0.15, 0.2) is 24.3 Å². The van der Waals surface area contributed by atoms with Crippen molar-refractivity contribution >= 4 is 15.7 Å². The standard InChI is InChI=1S/C13H19N3O4S/c1-14-12-6-8-15(9-7-12)21(19,20)10-11-2-4-13(5-3-11)16(17)18/h2-5,12,14H,6-10H2,1H3. The predicted octanol–water partition coefficient (Wildman–Crippen LogP) is 1.11. The third kappa shape index (κ3) is 3.99. The lowest BCUT2D eigenvalue weighted by molar-refractivity contribution is -0.384. The van der Waals surface area contributed by atoms with Crippen LogP contribution in [0.1, 0.15) is 18.4 Å². The third-order valence-corrected chi connectivity index (χ3v) is 5.60. The molecule has 1 aliphatic rings. The second-order valence-corrected chi connectivity index (χ2v) is 7.11. The Morgan fingerprint density at radius 1 is 1.29 bits per heavy atom. The summed E-state index contributed by atoms with van der Waals surface area (Å²) in [6.07, 6.45) is 1.60. The van der Waals surface area contributed by atoms with E-state index >= 15 is 0 Å². The van der Waals surface area contributed by atoms with E-state index in [9.17, 15) is 18.5 Å². The lowest BCUT2D eigenvalue weighted by Gasteiger charge is -2.31. The lowest BCUT2D eigenvalue weighted by Crippen LogP contribution is -2.44. The molecule has 1 fully saturated rings. The van der Waals surface area contributed by atoms with E-state index in [2.05, 4.69) is 5.32 Å². The average molecular weight is 313 g/mol. The number of nitrogens with zero attached hydrogens (tertiary/aromatic N) is 2. The minimum absolute atomic E-state index is 0.0361. The van der Waals surface area contributed by atoms with Crippen LogP contribution in [0, 0.1) is 10.1 Å². The molecule has 0 saturated carbocycles. The molecule has 1 N–H and O–H groups in total. The fourth-order valence-corrected chi connectivity index (χ4v) is 4.00. The molecule has 1 heterocycles. The first-order valence-electron chi connectivity index (χ1n) is 6.81. The Balaban J connectivity index is 2.02. The zero-order valence-corrected chi connectivity index (χ0v) is 12.7. The highest BCUT2D eigenvalue weighted by Gasteiger charge is 2.27. The summed E-state index contributed by atoms with van der Waals surface area (Å²) in [5, 5.41) is 13.7. The van der Waals surface area contributed by atoms with Gasteiger partial charge in [-0.15, -0.1) is 0 Å². The molecule has 116 valence electrons. The molecule has 0 radical (unpaired) electrons. The summed E-state index contributed by atoms with van der Waals surface area (Å²) in [5.41, 5.74) is 0.530. The van der Waals surface area contributed by atoms with E-state index < -0.39 is 14.9 Å². The van der Waals surface area contributed by atoms with Crippen molar-refractivity contribution in [3.05, 3.63) is 39.9 Å². The topological polar surface area (TPSA) is 92.6 Å². The molecule has 1 saturated heterocycles. The maximum atomic E-state index is 12.3. The Morgan fingerprint density at radius 2 is 1.86 bits per heavy atom. The van der Waals surface area contributed by atoms with Crippen LogP contribution in [0.5, 0.6) is 0 Å². The highest BCUT2D eigenvalue weighted by molar-refractivity contribution is 7.88. The van der Waals surface area contributed by atoms with Gasteiger partial charge in [0.05, 0.1) is 10.7 Å². The second-order valence-electron chi connectivity index (χ2n) is 5.14. The van der Waals surface area contributed by atoms with Gasteiger partial charge in [-0.25, -0.2) is 12.7 Å². The first kappa shape index (κ1) is 15.9. The van der Waals surface area contributed by atoms with Gasteiger partial charge >= 0.3 is 0 Å². The number of nitrogens with one attached hydrogen (secondary N) is 1. The fraction of sp³-hybridized carbons (Fsp3) is 0.538. The van der Waals surface area contributed by atoms with Gasteiger partial charge < -0.3 is 5.32 Å². The summed E-state index contributed by atoms with van der Waals surface area (Å²) in [5.74, 6) is -0.116. The molecule has 1 aliphatic heterocycles. The maximum Gasteiger partial charge on any atom is 0.269 e. The van der Waals surface area contributed by atoms with Gasteiger partial charge in [0.25, 0.3) is 5.69 Å². The van der Waals surface area contributed by atoms with Crippen molar-refractivity contribution in [3.8, 4) is 0 Å². The molecular weight excluding hydrogens is 294 g/mol. The molecule has 0 aromatic heterocycles. The van der Waals surface area contributed by atoms with E-state index in [1.54, 1.807) is 0 Å². The fourth-order valence-electron chi connectivity index (χ4n) is 2.44. The zero-order chi connectivity index (χ0) is 15.5. The molecule has 0 atom stereocenters. The molecule has 0 bridgehead atoms. The quantitative estimate of drug-likeness (QED) is 0.649. The number of sulfonamides is 1. The number of rotatable bonds is 5. The molecule has 21 heavy (non-hydrogen) atoms. The minimum Gasteiger partial charge on any atom is -0.317 e. The SMILES string of the molecule is CNC1CCN(S(=O)(=O)Cc2ccc([N+](=O)[O-])cc2)CC1. The summed E-state index contributed by atoms with van der Waals surface area (Å²) in [7, 11) is -1.48. The summed E-state index contributed by atoms with van der Waals surface area (Å²) in [6, 6.07) is 6.03. The van der Waals surface area contributed by atoms with E-state index in [-0.39, 0.29) is 11.4 Å². The van der Waals surface area contributed by atoms with Crippen molar-refractivity contribution in [1.82, 2.24) is 9.62 Å². The number of benzene rings is 1. The Bertz CT molecular complexity index is 592. The van der Waals surface area contributed by atoms with Crippen LogP contribution in [0.3, 0.4) is 0 Å². The molecule has 0 spiro atoms. The summed E-state index contributed by atoms with van der Waals surface area (Å²) in [4.78, 5) is 10.1. The monoisotopic (exact) mass is 313 g/mol. The van der Waals surface area contributed by atoms with Crippen LogP contribution in [-0.4, -0.2) is 43.8 Å². The van der Waals surface area contributed by atoms with E-state index in [0.29, 0.717) is 24.7 Å². The van der Waals surface area contributed by atoms with Crippen molar-refractivity contribution in [3.63, 3.8) is 0 Å². The molecule has 0 aliphatic carbocycles. The number of nitro benzene ring substituents is 1. The van der Waals surface area contributed by atoms with Crippen LogP contribution < -0.4 is 5.32 Å². The number of hydrogen-bond acceptors (Lipinski definition) is 5. The van der Waals surface area contributed by atoms with Crippen molar-refractivity contribution < 1.29 is 13.3 Å². The van der Waals surface area contributed by atoms with Gasteiger partial charge in [0.2, 0.25) is 10.0 Å². The van der Waals surface area contributed by atoms with E-state index in [0.717, 1.165) is 12.8 Å². The zero-order valence-electron chi connectivity index (χ0n) is 11.9. The van der Waals surface area contributed by atoms with Crippen LogP contribution in [0.2, 0.25) is 0 Å². The largest absolute Gasteiger partial charge is 0.317 e. The van der Waals surface area contributed by atoms with Crippen LogP contribution in [0.4, 0.5) is 5.69 Å². The van der Waals surface area contributed by atoms with Gasteiger partial charge in [-0.1, -0.05) is 12.1 Å². The van der Waals surface area contributed by atoms with Gasteiger partial charge in [-0.3, -0.25) is 10.1 Å². The van der Waals surface area contributed by atoms with Crippen molar-refractivity contribution in [1.29, 1.82) is 0 Å². The van der Waals surface area contributed by atoms with Crippen LogP contribution in [0.25, 0.3) is 0 Å². The number of piperidine rings is 1. The Hall–Kier alpha value is -1.51. The van der Waals surface area contributed by atoms with Gasteiger partial charge in [-0.05, 0) is 25.5 Å². The third-order valence-electron chi connectivity index (χ3n) is 3.75. The smallest absolute Gasteiger partial charge is 0.269 e.